The van der Waals surface area contributed by atoms with Gasteiger partial charge in [0.2, 0.25) is 5.91 Å². The van der Waals surface area contributed by atoms with Crippen LogP contribution in [0.4, 0.5) is 10.1 Å². The van der Waals surface area contributed by atoms with E-state index < -0.39 is 5.25 Å². The molecule has 0 spiro atoms. The van der Waals surface area contributed by atoms with E-state index in [4.69, 9.17) is 4.42 Å². The van der Waals surface area contributed by atoms with Gasteiger partial charge in [0, 0.05) is 12.7 Å². The number of halogens is 1. The lowest BCUT2D eigenvalue weighted by atomic mass is 10.1. The van der Waals surface area contributed by atoms with Gasteiger partial charge in [-0.3, -0.25) is 4.79 Å². The number of thioether (sulfide) groups is 1. The molecular weight excluding hydrogens is 403 g/mol. The summed E-state index contributed by atoms with van der Waals surface area (Å²) in [5.41, 5.74) is 2.20. The molecular formula is C22H19FN4O2S. The summed E-state index contributed by atoms with van der Waals surface area (Å²) in [6, 6.07) is 16.9. The number of carbonyl (C=O) groups excluding carboxylic acids is 1. The van der Waals surface area contributed by atoms with E-state index in [1.54, 1.807) is 6.26 Å². The van der Waals surface area contributed by atoms with Crippen molar-refractivity contribution in [1.29, 1.82) is 0 Å². The number of aryl methyl sites for hydroxylation is 1. The van der Waals surface area contributed by atoms with Gasteiger partial charge in [-0.1, -0.05) is 42.1 Å². The molecule has 0 aliphatic carbocycles. The first-order chi connectivity index (χ1) is 14.5. The van der Waals surface area contributed by atoms with Crippen LogP contribution in [-0.2, 0) is 11.8 Å². The largest absolute Gasteiger partial charge is 0.469 e. The number of nitrogens with one attached hydrogen (secondary N) is 1. The van der Waals surface area contributed by atoms with Crippen molar-refractivity contribution in [3.63, 3.8) is 0 Å². The minimum atomic E-state index is -0.572. The van der Waals surface area contributed by atoms with E-state index in [0.717, 1.165) is 16.9 Å². The number of anilines is 1. The second-order valence-corrected chi connectivity index (χ2v) is 7.73. The summed E-state index contributed by atoms with van der Waals surface area (Å²) in [4.78, 5) is 13.1. The number of nitrogens with zero attached hydrogens (tertiary/aromatic N) is 3. The molecule has 2 aromatic carbocycles. The molecule has 30 heavy (non-hydrogen) atoms. The number of hydrogen-bond acceptors (Lipinski definition) is 5. The van der Waals surface area contributed by atoms with Crippen molar-refractivity contribution < 1.29 is 13.6 Å². The molecule has 6 nitrogen and oxygen atoms in total. The second-order valence-electron chi connectivity index (χ2n) is 6.66. The van der Waals surface area contributed by atoms with Gasteiger partial charge in [-0.2, -0.15) is 0 Å². The smallest absolute Gasteiger partial charge is 0.242 e. The third-order valence-corrected chi connectivity index (χ3v) is 5.90. The maximum Gasteiger partial charge on any atom is 0.242 e. The predicted molar refractivity (Wildman–Crippen MR) is 114 cm³/mol. The number of aromatic nitrogens is 3. The Hall–Kier alpha value is -3.39. The van der Waals surface area contributed by atoms with Crippen molar-refractivity contribution in [2.75, 3.05) is 5.32 Å². The van der Waals surface area contributed by atoms with Crippen LogP contribution in [0.1, 0.15) is 16.6 Å². The van der Waals surface area contributed by atoms with Gasteiger partial charge in [-0.15, -0.1) is 10.2 Å². The summed E-state index contributed by atoms with van der Waals surface area (Å²) in [5, 5.41) is 11.4. The molecule has 4 rings (SSSR count). The van der Waals surface area contributed by atoms with Crippen LogP contribution in [0.3, 0.4) is 0 Å². The summed E-state index contributed by atoms with van der Waals surface area (Å²) in [6.45, 7) is 1.86. The van der Waals surface area contributed by atoms with Crippen molar-refractivity contribution in [2.45, 2.75) is 17.3 Å². The van der Waals surface area contributed by atoms with E-state index in [1.165, 1.54) is 36.0 Å². The second kappa shape index (κ2) is 8.54. The van der Waals surface area contributed by atoms with E-state index in [9.17, 15) is 9.18 Å². The van der Waals surface area contributed by atoms with Gasteiger partial charge < -0.3 is 14.3 Å². The monoisotopic (exact) mass is 422 g/mol. The third kappa shape index (κ3) is 4.13. The Morgan fingerprint density at radius 1 is 1.10 bits per heavy atom. The van der Waals surface area contributed by atoms with Gasteiger partial charge in [-0.05, 0) is 42.8 Å². The van der Waals surface area contributed by atoms with Crippen LogP contribution in [-0.4, -0.2) is 20.7 Å². The molecule has 2 aromatic heterocycles. The Bertz CT molecular complexity index is 1160. The molecule has 4 aromatic rings. The van der Waals surface area contributed by atoms with Crippen LogP contribution in [0.2, 0.25) is 0 Å². The number of carbonyl (C=O) groups is 1. The third-order valence-electron chi connectivity index (χ3n) is 4.61. The topological polar surface area (TPSA) is 72.9 Å². The highest BCUT2D eigenvalue weighted by atomic mass is 32.2. The average Bonchev–Trinajstić information content (AvgIpc) is 3.33. The van der Waals surface area contributed by atoms with Crippen LogP contribution in [0.15, 0.2) is 76.5 Å². The molecule has 0 saturated heterocycles. The average molecular weight is 422 g/mol. The van der Waals surface area contributed by atoms with E-state index in [0.29, 0.717) is 16.7 Å². The van der Waals surface area contributed by atoms with Gasteiger partial charge in [0.25, 0.3) is 0 Å². The minimum Gasteiger partial charge on any atom is -0.469 e. The molecule has 2 heterocycles. The number of furan rings is 1. The van der Waals surface area contributed by atoms with Gasteiger partial charge >= 0.3 is 0 Å². The van der Waals surface area contributed by atoms with Crippen molar-refractivity contribution in [1.82, 2.24) is 14.8 Å². The Kier molecular flexibility index (Phi) is 5.67. The molecule has 0 saturated carbocycles. The predicted octanol–water partition coefficient (Wildman–Crippen LogP) is 4.99. The van der Waals surface area contributed by atoms with Gasteiger partial charge in [0.1, 0.15) is 16.8 Å². The molecule has 0 aliphatic heterocycles. The zero-order valence-electron chi connectivity index (χ0n) is 16.4. The van der Waals surface area contributed by atoms with Gasteiger partial charge in [0.05, 0.1) is 11.8 Å². The van der Waals surface area contributed by atoms with E-state index in [1.807, 2.05) is 54.9 Å². The summed E-state index contributed by atoms with van der Waals surface area (Å²) >= 11 is 1.30. The van der Waals surface area contributed by atoms with Crippen molar-refractivity contribution in [3.8, 4) is 11.4 Å². The minimum absolute atomic E-state index is 0.234. The van der Waals surface area contributed by atoms with Crippen molar-refractivity contribution in [2.24, 2.45) is 7.05 Å². The van der Waals surface area contributed by atoms with Gasteiger partial charge in [-0.25, -0.2) is 4.39 Å². The van der Waals surface area contributed by atoms with E-state index in [-0.39, 0.29) is 11.7 Å². The van der Waals surface area contributed by atoms with Crippen LogP contribution in [0.5, 0.6) is 0 Å². The quantitative estimate of drug-likeness (QED) is 0.443. The van der Waals surface area contributed by atoms with Crippen molar-refractivity contribution in [3.05, 3.63) is 84.1 Å². The standard InChI is InChI=1S/C22H19FN4O2S/c1-14-18(12-13-29-14)20-25-26-22(27(20)2)30-19(15-6-4-3-5-7-15)21(28)24-17-10-8-16(23)9-11-17/h3-13,19H,1-2H3,(H,24,28)/t19-/m0/s1. The lowest BCUT2D eigenvalue weighted by molar-refractivity contribution is -0.115. The SMILES string of the molecule is Cc1occc1-c1nnc(S[C@H](C(=O)Nc2ccc(F)cc2)c2ccccc2)n1C. The normalized spacial score (nSPS) is 12.0. The summed E-state index contributed by atoms with van der Waals surface area (Å²) in [6.07, 6.45) is 1.61. The van der Waals surface area contributed by atoms with Crippen LogP contribution >= 0.6 is 11.8 Å². The first-order valence-electron chi connectivity index (χ1n) is 9.25. The highest BCUT2D eigenvalue weighted by molar-refractivity contribution is 8.00. The first kappa shape index (κ1) is 19.9. The molecule has 0 bridgehead atoms. The summed E-state index contributed by atoms with van der Waals surface area (Å²) < 4.78 is 20.4. The molecule has 0 unspecified atom stereocenters. The Balaban J connectivity index is 1.63. The van der Waals surface area contributed by atoms with Crippen LogP contribution in [0.25, 0.3) is 11.4 Å². The van der Waals surface area contributed by atoms with Crippen LogP contribution in [0, 0.1) is 12.7 Å². The molecule has 0 radical (unpaired) electrons. The molecule has 0 fully saturated rings. The Morgan fingerprint density at radius 3 is 2.50 bits per heavy atom. The van der Waals surface area contributed by atoms with E-state index in [2.05, 4.69) is 15.5 Å². The number of rotatable bonds is 6. The number of benzene rings is 2. The molecule has 1 amide bonds. The highest BCUT2D eigenvalue weighted by Crippen LogP contribution is 2.36. The fraction of sp³-hybridized carbons (Fsp3) is 0.136. The zero-order chi connectivity index (χ0) is 21.1. The zero-order valence-corrected chi connectivity index (χ0v) is 17.2. The van der Waals surface area contributed by atoms with Crippen molar-refractivity contribution >= 4 is 23.4 Å². The van der Waals surface area contributed by atoms with E-state index >= 15 is 0 Å². The molecule has 1 atom stereocenters. The highest BCUT2D eigenvalue weighted by Gasteiger charge is 2.26. The Labute approximate surface area is 177 Å². The molecule has 1 N–H and O–H groups in total. The number of amides is 1. The molecule has 152 valence electrons. The lowest BCUT2D eigenvalue weighted by Gasteiger charge is -2.16. The maximum atomic E-state index is 13.2. The summed E-state index contributed by atoms with van der Waals surface area (Å²) in [7, 11) is 1.85. The van der Waals surface area contributed by atoms with Gasteiger partial charge in [0.15, 0.2) is 11.0 Å². The molecule has 0 aliphatic rings. The Morgan fingerprint density at radius 2 is 1.83 bits per heavy atom. The fourth-order valence-corrected chi connectivity index (χ4v) is 4.02. The molecule has 8 heteroatoms. The maximum absolute atomic E-state index is 13.2. The number of hydrogen-bond donors (Lipinski definition) is 1. The summed E-state index contributed by atoms with van der Waals surface area (Å²) in [5.74, 6) is 0.815. The fourth-order valence-electron chi connectivity index (χ4n) is 3.02. The first-order valence-corrected chi connectivity index (χ1v) is 10.1. The van der Waals surface area contributed by atoms with Crippen LogP contribution < -0.4 is 5.32 Å². The lowest BCUT2D eigenvalue weighted by Crippen LogP contribution is -2.19.